The van der Waals surface area contributed by atoms with Gasteiger partial charge in [-0.1, -0.05) is 25.5 Å². The number of aryl methyl sites for hydroxylation is 1. The highest BCUT2D eigenvalue weighted by atomic mass is 32.2. The lowest BCUT2D eigenvalue weighted by Crippen LogP contribution is -2.39. The summed E-state index contributed by atoms with van der Waals surface area (Å²) in [5, 5.41) is 12.7. The van der Waals surface area contributed by atoms with E-state index in [-0.39, 0.29) is 16.9 Å². The minimum absolute atomic E-state index is 0.228. The lowest BCUT2D eigenvalue weighted by atomic mass is 10.1. The molecule has 1 aromatic heterocycles. The molecule has 0 aliphatic heterocycles. The largest absolute Gasteiger partial charge is 0.493 e. The third kappa shape index (κ3) is 10.5. The molecule has 1 heterocycles. The Morgan fingerprint density at radius 3 is 2.19 bits per heavy atom. The predicted octanol–water partition coefficient (Wildman–Crippen LogP) is 4.19. The van der Waals surface area contributed by atoms with E-state index in [1.54, 1.807) is 26.3 Å². The van der Waals surface area contributed by atoms with Gasteiger partial charge in [-0.3, -0.25) is 19.4 Å². The number of carbonyl (C=O) groups is 3. The molecule has 0 aliphatic carbocycles. The van der Waals surface area contributed by atoms with Crippen molar-refractivity contribution in [1.82, 2.24) is 15.6 Å². The Morgan fingerprint density at radius 2 is 1.67 bits per heavy atom. The summed E-state index contributed by atoms with van der Waals surface area (Å²) in [7, 11) is -1.31. The van der Waals surface area contributed by atoms with E-state index in [1.807, 2.05) is 37.3 Å². The van der Waals surface area contributed by atoms with Gasteiger partial charge in [0.15, 0.2) is 11.5 Å². The van der Waals surface area contributed by atoms with Crippen LogP contribution < -0.4 is 20.1 Å². The van der Waals surface area contributed by atoms with Gasteiger partial charge in [-0.05, 0) is 73.9 Å². The number of rotatable bonds is 12. The summed E-state index contributed by atoms with van der Waals surface area (Å²) in [6.45, 7) is 4.10. The molecule has 0 saturated carbocycles. The molecule has 0 saturated heterocycles. The van der Waals surface area contributed by atoms with Gasteiger partial charge < -0.3 is 25.2 Å². The summed E-state index contributed by atoms with van der Waals surface area (Å²) in [4.78, 5) is 39.4. The van der Waals surface area contributed by atoms with Crippen molar-refractivity contribution >= 4 is 27.0 Å². The monoisotopic (exact) mass is 599 g/mol. The fourth-order valence-corrected chi connectivity index (χ4v) is 4.86. The lowest BCUT2D eigenvalue weighted by molar-refractivity contribution is -0.137. The first-order valence-electron chi connectivity index (χ1n) is 13.3. The fourth-order valence-electron chi connectivity index (χ4n) is 3.83. The van der Waals surface area contributed by atoms with E-state index in [9.17, 15) is 22.8 Å². The number of benzene rings is 2. The average Bonchev–Trinajstić information content (AvgIpc) is 2.97. The minimum atomic E-state index is -4.39. The number of aliphatic carboxylic acids is 1. The first-order chi connectivity index (χ1) is 20.0. The number of carbonyl (C=O) groups excluding carboxylic acids is 2. The molecule has 1 unspecified atom stereocenters. The van der Waals surface area contributed by atoms with Crippen molar-refractivity contribution in [2.24, 2.45) is 0 Å². The predicted molar refractivity (Wildman–Crippen MR) is 158 cm³/mol. The molecular weight excluding hydrogens is 562 g/mol. The molecule has 11 nitrogen and oxygen atoms in total. The van der Waals surface area contributed by atoms with Crippen LogP contribution in [0.4, 0.5) is 4.79 Å². The molecule has 12 heteroatoms. The van der Waals surface area contributed by atoms with Gasteiger partial charge in [-0.2, -0.15) is 0 Å². The zero-order valence-electron chi connectivity index (χ0n) is 24.1. The van der Waals surface area contributed by atoms with E-state index in [2.05, 4.69) is 15.6 Å². The third-order valence-corrected chi connectivity index (χ3v) is 7.51. The number of methoxy groups -OCH3 is 2. The second kappa shape index (κ2) is 16.7. The van der Waals surface area contributed by atoms with Gasteiger partial charge in [0.2, 0.25) is 0 Å². The molecule has 3 N–H and O–H groups in total. The Hall–Kier alpha value is -4.45. The highest BCUT2D eigenvalue weighted by Crippen LogP contribution is 2.27. The number of hydrogen-bond donors (Lipinski definition) is 3. The van der Waals surface area contributed by atoms with Gasteiger partial charge in [0.05, 0.1) is 25.5 Å². The number of ether oxygens (including phenoxy) is 2. The number of sulfone groups is 1. The third-order valence-electron chi connectivity index (χ3n) is 6.01. The lowest BCUT2D eigenvalue weighted by Gasteiger charge is -2.16. The van der Waals surface area contributed by atoms with Gasteiger partial charge in [0, 0.05) is 30.0 Å². The van der Waals surface area contributed by atoms with E-state index < -0.39 is 33.0 Å². The Bertz CT molecular complexity index is 1430. The maximum absolute atomic E-state index is 12.6. The van der Waals surface area contributed by atoms with Gasteiger partial charge in [0.1, 0.15) is 0 Å². The molecule has 3 rings (SSSR count). The van der Waals surface area contributed by atoms with Crippen molar-refractivity contribution < 1.29 is 37.4 Å². The summed E-state index contributed by atoms with van der Waals surface area (Å²) in [6, 6.07) is 15.5. The zero-order chi connectivity index (χ0) is 31.1. The van der Waals surface area contributed by atoms with Crippen LogP contribution in [0, 0.1) is 6.92 Å². The van der Waals surface area contributed by atoms with Crippen molar-refractivity contribution in [3.05, 3.63) is 83.7 Å². The molecule has 0 bridgehead atoms. The molecule has 226 valence electrons. The molecular formula is C30H37N3O8S. The standard InChI is InChI=1S/C24H30N2O8S.C6H7N/c1-4-5-18(15-22(27)28)26-24(30)35(31,32)19-9-7-17(8-10-19)23(29)25-13-12-16-6-11-20(33-2)21(14-16)34-3;1-6-4-2-3-5-7-6/h6-11,14,18H,4-5,12-13,15H2,1-3H3,(H,25,29)(H,26,30)(H,27,28);2-5H,1H3. The smallest absolute Gasteiger partial charge is 0.341 e. The highest BCUT2D eigenvalue weighted by molar-refractivity contribution is 8.06. The maximum Gasteiger partial charge on any atom is 0.341 e. The van der Waals surface area contributed by atoms with Gasteiger partial charge in [-0.25, -0.2) is 8.42 Å². The molecule has 0 spiro atoms. The van der Waals surface area contributed by atoms with Crippen LogP contribution in [0.1, 0.15) is 47.8 Å². The Balaban J connectivity index is 0.000000766. The van der Waals surface area contributed by atoms with Crippen molar-refractivity contribution in [2.75, 3.05) is 20.8 Å². The van der Waals surface area contributed by atoms with Crippen molar-refractivity contribution in [2.45, 2.75) is 50.5 Å². The number of carboxylic acid groups (broad SMARTS) is 1. The van der Waals surface area contributed by atoms with Crippen LogP contribution in [0.15, 0.2) is 71.8 Å². The highest BCUT2D eigenvalue weighted by Gasteiger charge is 2.28. The fraction of sp³-hybridized carbons (Fsp3) is 0.333. The number of aromatic nitrogens is 1. The van der Waals surface area contributed by atoms with Crippen molar-refractivity contribution in [1.29, 1.82) is 0 Å². The first kappa shape index (κ1) is 33.8. The van der Waals surface area contributed by atoms with Crippen molar-refractivity contribution in [3.63, 3.8) is 0 Å². The maximum atomic E-state index is 12.6. The van der Waals surface area contributed by atoms with Crippen molar-refractivity contribution in [3.8, 4) is 11.5 Å². The van der Waals surface area contributed by atoms with Crippen LogP contribution in [0.5, 0.6) is 11.5 Å². The Kier molecular flexibility index (Phi) is 13.4. The Morgan fingerprint density at radius 1 is 0.976 bits per heavy atom. The quantitative estimate of drug-likeness (QED) is 0.277. The van der Waals surface area contributed by atoms with Crippen LogP contribution in [0.2, 0.25) is 0 Å². The van der Waals surface area contributed by atoms with E-state index in [0.29, 0.717) is 37.3 Å². The molecule has 3 aromatic rings. The molecule has 2 aromatic carbocycles. The summed E-state index contributed by atoms with van der Waals surface area (Å²) in [5.74, 6) is -0.348. The molecule has 42 heavy (non-hydrogen) atoms. The molecule has 2 amide bonds. The number of nitrogens with one attached hydrogen (secondary N) is 2. The molecule has 0 fully saturated rings. The van der Waals surface area contributed by atoms with Crippen LogP contribution in [-0.4, -0.2) is 62.4 Å². The zero-order valence-corrected chi connectivity index (χ0v) is 24.9. The number of pyridine rings is 1. The summed E-state index contributed by atoms with van der Waals surface area (Å²) < 4.78 is 35.6. The molecule has 1 atom stereocenters. The molecule has 0 radical (unpaired) electrons. The molecule has 0 aliphatic rings. The number of carboxylic acids is 1. The van der Waals surface area contributed by atoms with Gasteiger partial charge in [-0.15, -0.1) is 0 Å². The summed E-state index contributed by atoms with van der Waals surface area (Å²) in [6.07, 6.45) is 2.85. The van der Waals surface area contributed by atoms with E-state index in [1.165, 1.54) is 31.4 Å². The SMILES string of the molecule is CCCC(CC(=O)O)NC(=O)S(=O)(=O)c1ccc(C(=O)NCCc2ccc(OC)c(OC)c2)cc1.Cc1ccccn1. The first-order valence-corrected chi connectivity index (χ1v) is 14.7. The minimum Gasteiger partial charge on any atom is -0.493 e. The van der Waals surface area contributed by atoms with E-state index in [4.69, 9.17) is 14.6 Å². The van der Waals surface area contributed by atoms with E-state index >= 15 is 0 Å². The van der Waals surface area contributed by atoms with E-state index in [0.717, 1.165) is 11.3 Å². The summed E-state index contributed by atoms with van der Waals surface area (Å²) >= 11 is 0. The normalized spacial score (nSPS) is 11.3. The average molecular weight is 600 g/mol. The second-order valence-corrected chi connectivity index (χ2v) is 11.1. The van der Waals surface area contributed by atoms with Crippen LogP contribution in [0.25, 0.3) is 0 Å². The van der Waals surface area contributed by atoms with Crippen LogP contribution >= 0.6 is 0 Å². The van der Waals surface area contributed by atoms with Gasteiger partial charge >= 0.3 is 11.2 Å². The summed E-state index contributed by atoms with van der Waals surface area (Å²) in [5.41, 5.74) is 2.23. The van der Waals surface area contributed by atoms with Crippen LogP contribution in [0.3, 0.4) is 0 Å². The van der Waals surface area contributed by atoms with Crippen LogP contribution in [-0.2, 0) is 21.1 Å². The second-order valence-electron chi connectivity index (χ2n) is 9.21. The van der Waals surface area contributed by atoms with Gasteiger partial charge in [0.25, 0.3) is 15.7 Å². The number of nitrogens with zero attached hydrogens (tertiary/aromatic N) is 1. The Labute approximate surface area is 246 Å². The topological polar surface area (TPSA) is 161 Å². The number of hydrogen-bond acceptors (Lipinski definition) is 8. The number of amides is 2.